The quantitative estimate of drug-likeness (QED) is 0.448. The lowest BCUT2D eigenvalue weighted by Crippen LogP contribution is -2.44. The van der Waals surface area contributed by atoms with Crippen molar-refractivity contribution in [1.82, 2.24) is 15.5 Å². The Morgan fingerprint density at radius 3 is 2.15 bits per heavy atom. The van der Waals surface area contributed by atoms with Crippen molar-refractivity contribution >= 4 is 14.4 Å². The number of nitrogens with zero attached hydrogens (tertiary/aromatic N) is 2. The second-order valence-corrected chi connectivity index (χ2v) is 15.1. The highest BCUT2D eigenvalue weighted by Crippen LogP contribution is 2.37. The van der Waals surface area contributed by atoms with E-state index in [-0.39, 0.29) is 29.2 Å². The van der Waals surface area contributed by atoms with Crippen molar-refractivity contribution in [3.63, 3.8) is 0 Å². The van der Waals surface area contributed by atoms with Crippen LogP contribution in [0.4, 0.5) is 18.0 Å². The van der Waals surface area contributed by atoms with Crippen LogP contribution in [-0.2, 0) is 9.16 Å². The van der Waals surface area contributed by atoms with E-state index in [0.717, 1.165) is 12.1 Å². The van der Waals surface area contributed by atoms with E-state index >= 15 is 0 Å². The molecule has 190 valence electrons. The van der Waals surface area contributed by atoms with Gasteiger partial charge in [0.25, 0.3) is 0 Å². The Hall–Kier alpha value is -2.60. The maximum Gasteiger partial charge on any atom is 0.573 e. The first-order valence-electron chi connectivity index (χ1n) is 10.7. The maximum absolute atomic E-state index is 12.4. The van der Waals surface area contributed by atoms with Crippen molar-refractivity contribution in [2.24, 2.45) is 0 Å². The molecule has 1 aromatic carbocycles. The maximum atomic E-state index is 12.4. The molecule has 1 aromatic heterocycles. The Balaban J connectivity index is 2.24. The Labute approximate surface area is 198 Å². The molecule has 0 aliphatic rings. The van der Waals surface area contributed by atoms with Crippen molar-refractivity contribution in [3.05, 3.63) is 30.2 Å². The van der Waals surface area contributed by atoms with Gasteiger partial charge in [-0.2, -0.15) is 0 Å². The van der Waals surface area contributed by atoms with Crippen molar-refractivity contribution in [1.29, 1.82) is 0 Å². The Morgan fingerprint density at radius 2 is 1.65 bits per heavy atom. The second kappa shape index (κ2) is 9.94. The minimum atomic E-state index is -4.79. The lowest BCUT2D eigenvalue weighted by Gasteiger charge is -2.37. The highest BCUT2D eigenvalue weighted by molar-refractivity contribution is 6.74. The number of alkyl carbamates (subject to hydrolysis) is 1. The normalized spacial score (nSPS) is 14.0. The summed E-state index contributed by atoms with van der Waals surface area (Å²) in [6, 6.07) is 4.22. The van der Waals surface area contributed by atoms with Gasteiger partial charge < -0.3 is 23.6 Å². The number of aromatic nitrogens is 2. The number of alkyl halides is 3. The van der Waals surface area contributed by atoms with Crippen molar-refractivity contribution in [2.75, 3.05) is 6.61 Å². The molecule has 1 atom stereocenters. The zero-order chi connectivity index (χ0) is 25.9. The molecule has 0 saturated carbocycles. The van der Waals surface area contributed by atoms with E-state index in [1.54, 1.807) is 20.8 Å². The fourth-order valence-corrected chi connectivity index (χ4v) is 3.44. The van der Waals surface area contributed by atoms with Gasteiger partial charge in [0.2, 0.25) is 11.8 Å². The molecule has 0 spiro atoms. The third kappa shape index (κ3) is 8.31. The minimum absolute atomic E-state index is 0.0658. The van der Waals surface area contributed by atoms with Crippen molar-refractivity contribution in [3.8, 4) is 17.2 Å². The summed E-state index contributed by atoms with van der Waals surface area (Å²) in [5, 5.41) is 10.6. The molecule has 2 aromatic rings. The first-order valence-corrected chi connectivity index (χ1v) is 13.6. The number of amides is 1. The van der Waals surface area contributed by atoms with Gasteiger partial charge >= 0.3 is 12.5 Å². The summed E-state index contributed by atoms with van der Waals surface area (Å²) in [5.74, 6) is -0.227. The van der Waals surface area contributed by atoms with Gasteiger partial charge in [-0.3, -0.25) is 0 Å². The molecule has 1 amide bonds. The summed E-state index contributed by atoms with van der Waals surface area (Å²) in [7, 11) is -2.17. The molecule has 0 fully saturated rings. The smallest absolute Gasteiger partial charge is 0.444 e. The number of nitrogens with one attached hydrogen (secondary N) is 1. The lowest BCUT2D eigenvalue weighted by molar-refractivity contribution is -0.274. The van der Waals surface area contributed by atoms with Crippen LogP contribution in [-0.4, -0.2) is 43.2 Å². The Kier molecular flexibility index (Phi) is 8.08. The third-order valence-corrected chi connectivity index (χ3v) is 9.68. The topological polar surface area (TPSA) is 95.7 Å². The van der Waals surface area contributed by atoms with Crippen LogP contribution in [0.2, 0.25) is 18.1 Å². The number of carbonyl (C=O) groups is 1. The predicted octanol–water partition coefficient (Wildman–Crippen LogP) is 6.22. The van der Waals surface area contributed by atoms with E-state index in [4.69, 9.17) is 13.6 Å². The van der Waals surface area contributed by atoms with Crippen molar-refractivity contribution < 1.29 is 36.3 Å². The van der Waals surface area contributed by atoms with E-state index in [1.807, 2.05) is 0 Å². The predicted molar refractivity (Wildman–Crippen MR) is 122 cm³/mol. The number of halogens is 3. The first-order chi connectivity index (χ1) is 15.4. The molecule has 2 rings (SSSR count). The monoisotopic (exact) mass is 503 g/mol. The van der Waals surface area contributed by atoms with Crippen LogP contribution >= 0.6 is 0 Å². The molecule has 1 unspecified atom stereocenters. The van der Waals surface area contributed by atoms with Crippen molar-refractivity contribution in [2.45, 2.75) is 77.7 Å². The van der Waals surface area contributed by atoms with Crippen LogP contribution < -0.4 is 10.1 Å². The van der Waals surface area contributed by atoms with E-state index in [1.165, 1.54) is 12.1 Å². The standard InChI is InChI=1S/C22H32F3N3O5Si/c1-20(2,3)33-19(29)26-16(13-30-34(7,8)21(4,5)6)18-28-27-17(31-18)14-9-11-15(12-10-14)32-22(23,24)25/h9-12,16H,13H2,1-8H3,(H,26,29). The van der Waals surface area contributed by atoms with Gasteiger partial charge in [-0.05, 0) is 63.2 Å². The zero-order valence-electron chi connectivity index (χ0n) is 20.7. The molecule has 8 nitrogen and oxygen atoms in total. The lowest BCUT2D eigenvalue weighted by atomic mass is 10.2. The molecule has 12 heteroatoms. The molecular weight excluding hydrogens is 471 g/mol. The Morgan fingerprint density at radius 1 is 1.06 bits per heavy atom. The molecule has 34 heavy (non-hydrogen) atoms. The van der Waals surface area contributed by atoms with E-state index in [2.05, 4.69) is 54.1 Å². The van der Waals surface area contributed by atoms with Crippen LogP contribution in [0.3, 0.4) is 0 Å². The summed E-state index contributed by atoms with van der Waals surface area (Å²) < 4.78 is 58.3. The number of carbonyl (C=O) groups excluding carboxylic acids is 1. The molecule has 1 heterocycles. The zero-order valence-corrected chi connectivity index (χ0v) is 21.7. The van der Waals surface area contributed by atoms with Crippen LogP contribution in [0.25, 0.3) is 11.5 Å². The molecule has 0 radical (unpaired) electrons. The van der Waals surface area contributed by atoms with Gasteiger partial charge in [0.1, 0.15) is 17.4 Å². The number of benzene rings is 1. The van der Waals surface area contributed by atoms with E-state index in [9.17, 15) is 18.0 Å². The summed E-state index contributed by atoms with van der Waals surface area (Å²) in [4.78, 5) is 12.4. The molecule has 0 saturated heterocycles. The largest absolute Gasteiger partial charge is 0.573 e. The summed E-state index contributed by atoms with van der Waals surface area (Å²) in [6.45, 7) is 15.7. The third-order valence-electron chi connectivity index (χ3n) is 5.18. The molecule has 0 bridgehead atoms. The highest BCUT2D eigenvalue weighted by Gasteiger charge is 2.38. The van der Waals surface area contributed by atoms with Crippen LogP contribution in [0.5, 0.6) is 5.75 Å². The van der Waals surface area contributed by atoms with Gasteiger partial charge in [-0.25, -0.2) is 4.79 Å². The summed E-state index contributed by atoms with van der Waals surface area (Å²) in [6.07, 6.45) is -5.46. The number of hydrogen-bond acceptors (Lipinski definition) is 7. The SMILES string of the molecule is CC(C)(C)OC(=O)NC(CO[Si](C)(C)C(C)(C)C)c1nnc(-c2ccc(OC(F)(F)F)cc2)o1. The first kappa shape index (κ1) is 27.6. The summed E-state index contributed by atoms with van der Waals surface area (Å²) in [5.41, 5.74) is -0.329. The van der Waals surface area contributed by atoms with Gasteiger partial charge in [0.05, 0.1) is 6.61 Å². The van der Waals surface area contributed by atoms with Gasteiger partial charge in [0.15, 0.2) is 8.32 Å². The van der Waals surface area contributed by atoms with Crippen LogP contribution in [0, 0.1) is 0 Å². The molecule has 1 N–H and O–H groups in total. The fourth-order valence-electron chi connectivity index (χ4n) is 2.42. The fraction of sp³-hybridized carbons (Fsp3) is 0.591. The number of ether oxygens (including phenoxy) is 2. The average Bonchev–Trinajstić information content (AvgIpc) is 3.12. The van der Waals surface area contributed by atoms with E-state index in [0.29, 0.717) is 5.56 Å². The molecule has 0 aliphatic heterocycles. The van der Waals surface area contributed by atoms with Gasteiger partial charge in [-0.1, -0.05) is 20.8 Å². The van der Waals surface area contributed by atoms with Gasteiger partial charge in [0, 0.05) is 5.56 Å². The molecule has 0 aliphatic carbocycles. The average molecular weight is 504 g/mol. The van der Waals surface area contributed by atoms with E-state index < -0.39 is 32.4 Å². The Bertz CT molecular complexity index is 964. The highest BCUT2D eigenvalue weighted by atomic mass is 28.4. The minimum Gasteiger partial charge on any atom is -0.444 e. The van der Waals surface area contributed by atoms with Crippen LogP contribution in [0.1, 0.15) is 53.5 Å². The van der Waals surface area contributed by atoms with Gasteiger partial charge in [-0.15, -0.1) is 23.4 Å². The molecular formula is C22H32F3N3O5Si. The number of hydrogen-bond donors (Lipinski definition) is 1. The second-order valence-electron chi connectivity index (χ2n) is 10.3. The summed E-state index contributed by atoms with van der Waals surface area (Å²) >= 11 is 0. The number of rotatable bonds is 7. The van der Waals surface area contributed by atoms with Crippen LogP contribution in [0.15, 0.2) is 28.7 Å².